The van der Waals surface area contributed by atoms with Gasteiger partial charge in [-0.25, -0.2) is 13.4 Å². The van der Waals surface area contributed by atoms with E-state index in [4.69, 9.17) is 10.7 Å². The fourth-order valence-electron chi connectivity index (χ4n) is 2.15. The predicted octanol–water partition coefficient (Wildman–Crippen LogP) is 1.75. The predicted molar refractivity (Wildman–Crippen MR) is 75.1 cm³/mol. The quantitative estimate of drug-likeness (QED) is 0.691. The van der Waals surface area contributed by atoms with Crippen LogP contribution in [-0.4, -0.2) is 27.7 Å². The number of hydrogen-bond acceptors (Lipinski definition) is 4. The van der Waals surface area contributed by atoms with Gasteiger partial charge in [0, 0.05) is 34.8 Å². The highest BCUT2D eigenvalue weighted by Crippen LogP contribution is 2.28. The molecule has 0 unspecified atom stereocenters. The molecule has 0 atom stereocenters. The Bertz CT molecular complexity index is 882. The molecule has 0 N–H and O–H groups in total. The molecule has 3 aromatic rings. The van der Waals surface area contributed by atoms with E-state index in [1.807, 2.05) is 12.1 Å². The number of fused-ring (bicyclic) bond motifs is 1. The summed E-state index contributed by atoms with van der Waals surface area (Å²) in [4.78, 5) is 4.25. The summed E-state index contributed by atoms with van der Waals surface area (Å²) in [5, 5.41) is 4.60. The molecule has 0 aliphatic rings. The number of aromatic nitrogens is 4. The minimum Gasteiger partial charge on any atom is -0.338 e. The Labute approximate surface area is 120 Å². The molecule has 0 bridgehead atoms. The maximum atomic E-state index is 11.6. The molecule has 2 aromatic heterocycles. The molecule has 3 rings (SSSR count). The van der Waals surface area contributed by atoms with Crippen molar-refractivity contribution < 1.29 is 8.42 Å². The minimum atomic E-state index is -3.79. The van der Waals surface area contributed by atoms with Crippen molar-refractivity contribution in [2.24, 2.45) is 7.05 Å². The molecular formula is C12H11ClN4O2S. The van der Waals surface area contributed by atoms with E-state index in [9.17, 15) is 8.42 Å². The fraction of sp³-hybridized carbons (Fsp3) is 0.167. The van der Waals surface area contributed by atoms with Crippen LogP contribution in [0.25, 0.3) is 10.9 Å². The second-order valence-corrected chi connectivity index (χ2v) is 6.91. The first-order valence-corrected chi connectivity index (χ1v) is 8.13. The monoisotopic (exact) mass is 310 g/mol. The summed E-state index contributed by atoms with van der Waals surface area (Å²) in [5.41, 5.74) is 0.787. The molecule has 0 saturated heterocycles. The number of nitrogens with zero attached hydrogens (tertiary/aromatic N) is 4. The van der Waals surface area contributed by atoms with Gasteiger partial charge in [0.15, 0.2) is 0 Å². The molecule has 0 saturated carbocycles. The normalized spacial score (nSPS) is 12.1. The third kappa shape index (κ3) is 2.19. The summed E-state index contributed by atoms with van der Waals surface area (Å²) in [6.45, 7) is 0.420. The van der Waals surface area contributed by atoms with Gasteiger partial charge in [0.1, 0.15) is 17.0 Å². The van der Waals surface area contributed by atoms with E-state index >= 15 is 0 Å². The molecule has 0 spiro atoms. The number of halogens is 1. The SMILES string of the molecule is Cn1ncnc1Cn1cc(S(=O)(=O)Cl)c2ccccc21. The average molecular weight is 311 g/mol. The maximum absolute atomic E-state index is 11.6. The van der Waals surface area contributed by atoms with Gasteiger partial charge >= 0.3 is 0 Å². The van der Waals surface area contributed by atoms with E-state index in [-0.39, 0.29) is 4.90 Å². The summed E-state index contributed by atoms with van der Waals surface area (Å²) in [6.07, 6.45) is 2.99. The van der Waals surface area contributed by atoms with Crippen LogP contribution in [0.4, 0.5) is 0 Å². The number of benzene rings is 1. The van der Waals surface area contributed by atoms with Gasteiger partial charge in [0.05, 0.1) is 6.54 Å². The molecule has 0 amide bonds. The van der Waals surface area contributed by atoms with Crippen molar-refractivity contribution in [2.45, 2.75) is 11.4 Å². The highest BCUT2D eigenvalue weighted by molar-refractivity contribution is 8.14. The van der Waals surface area contributed by atoms with E-state index in [0.717, 1.165) is 11.3 Å². The molecule has 6 nitrogen and oxygen atoms in total. The van der Waals surface area contributed by atoms with E-state index in [0.29, 0.717) is 11.9 Å². The van der Waals surface area contributed by atoms with Crippen LogP contribution in [-0.2, 0) is 22.6 Å². The summed E-state index contributed by atoms with van der Waals surface area (Å²) in [6, 6.07) is 7.20. The van der Waals surface area contributed by atoms with Crippen molar-refractivity contribution >= 4 is 30.6 Å². The molecule has 104 valence electrons. The lowest BCUT2D eigenvalue weighted by atomic mass is 10.2. The van der Waals surface area contributed by atoms with Gasteiger partial charge in [-0.05, 0) is 6.07 Å². The van der Waals surface area contributed by atoms with Gasteiger partial charge in [0.25, 0.3) is 9.05 Å². The van der Waals surface area contributed by atoms with E-state index in [2.05, 4.69) is 10.1 Å². The first-order valence-electron chi connectivity index (χ1n) is 5.82. The molecule has 20 heavy (non-hydrogen) atoms. The zero-order valence-electron chi connectivity index (χ0n) is 10.6. The molecule has 0 aliphatic heterocycles. The van der Waals surface area contributed by atoms with Crippen LogP contribution in [0, 0.1) is 0 Å². The van der Waals surface area contributed by atoms with Crippen molar-refractivity contribution in [3.05, 3.63) is 42.6 Å². The Morgan fingerprint density at radius 3 is 2.70 bits per heavy atom. The smallest absolute Gasteiger partial charge is 0.263 e. The minimum absolute atomic E-state index is 0.108. The molecule has 0 aliphatic carbocycles. The highest BCUT2D eigenvalue weighted by atomic mass is 35.7. The summed E-state index contributed by atoms with van der Waals surface area (Å²) < 4.78 is 26.7. The van der Waals surface area contributed by atoms with Crippen LogP contribution < -0.4 is 0 Å². The molecule has 0 radical (unpaired) electrons. The van der Waals surface area contributed by atoms with Crippen molar-refractivity contribution in [1.82, 2.24) is 19.3 Å². The van der Waals surface area contributed by atoms with Crippen molar-refractivity contribution in [1.29, 1.82) is 0 Å². The second-order valence-electron chi connectivity index (χ2n) is 4.38. The van der Waals surface area contributed by atoms with Crippen LogP contribution in [0.5, 0.6) is 0 Å². The van der Waals surface area contributed by atoms with Gasteiger partial charge in [-0.3, -0.25) is 4.68 Å². The third-order valence-corrected chi connectivity index (χ3v) is 4.48. The zero-order chi connectivity index (χ0) is 14.3. The van der Waals surface area contributed by atoms with Crippen LogP contribution in [0.1, 0.15) is 5.82 Å². The number of aryl methyl sites for hydroxylation is 1. The first-order chi connectivity index (χ1) is 9.47. The standard InChI is InChI=1S/C12H11ClN4O2S/c1-16-12(14-8-15-16)7-17-6-11(20(13,18)19)9-4-2-3-5-10(9)17/h2-6,8H,7H2,1H3. The van der Waals surface area contributed by atoms with Crippen LogP contribution in [0.2, 0.25) is 0 Å². The summed E-state index contributed by atoms with van der Waals surface area (Å²) in [7, 11) is 3.49. The molecule has 1 aromatic carbocycles. The number of rotatable bonds is 3. The van der Waals surface area contributed by atoms with Crippen molar-refractivity contribution in [3.8, 4) is 0 Å². The molecule has 8 heteroatoms. The lowest BCUT2D eigenvalue weighted by Gasteiger charge is -2.04. The molecule has 0 fully saturated rings. The summed E-state index contributed by atoms with van der Waals surface area (Å²) >= 11 is 0. The maximum Gasteiger partial charge on any atom is 0.263 e. The Hall–Kier alpha value is -1.86. The number of para-hydroxylation sites is 1. The van der Waals surface area contributed by atoms with Crippen LogP contribution in [0.3, 0.4) is 0 Å². The van der Waals surface area contributed by atoms with Gasteiger partial charge in [-0.1, -0.05) is 18.2 Å². The fourth-order valence-corrected chi connectivity index (χ4v) is 3.21. The third-order valence-electron chi connectivity index (χ3n) is 3.13. The topological polar surface area (TPSA) is 69.8 Å². The van der Waals surface area contributed by atoms with Gasteiger partial charge in [-0.15, -0.1) is 0 Å². The lowest BCUT2D eigenvalue weighted by Crippen LogP contribution is -2.05. The Morgan fingerprint density at radius 2 is 2.05 bits per heavy atom. The Balaban J connectivity index is 2.19. The van der Waals surface area contributed by atoms with Crippen LogP contribution in [0.15, 0.2) is 41.7 Å². The molecular weight excluding hydrogens is 300 g/mol. The van der Waals surface area contributed by atoms with Crippen LogP contribution >= 0.6 is 10.7 Å². The second kappa shape index (κ2) is 4.60. The van der Waals surface area contributed by atoms with Gasteiger partial charge in [0.2, 0.25) is 0 Å². The molecule has 2 heterocycles. The first kappa shape index (κ1) is 13.1. The van der Waals surface area contributed by atoms with E-state index in [1.165, 1.54) is 12.5 Å². The average Bonchev–Trinajstić information content (AvgIpc) is 2.95. The van der Waals surface area contributed by atoms with Gasteiger partial charge < -0.3 is 4.57 Å². The zero-order valence-corrected chi connectivity index (χ0v) is 12.1. The largest absolute Gasteiger partial charge is 0.338 e. The summed E-state index contributed by atoms with van der Waals surface area (Å²) in [5.74, 6) is 0.726. The van der Waals surface area contributed by atoms with E-state index in [1.54, 1.807) is 28.4 Å². The van der Waals surface area contributed by atoms with Gasteiger partial charge in [-0.2, -0.15) is 5.10 Å². The Morgan fingerprint density at radius 1 is 1.30 bits per heavy atom. The van der Waals surface area contributed by atoms with E-state index < -0.39 is 9.05 Å². The lowest BCUT2D eigenvalue weighted by molar-refractivity contribution is 0.609. The highest BCUT2D eigenvalue weighted by Gasteiger charge is 2.19. The van der Waals surface area contributed by atoms with Crippen molar-refractivity contribution in [3.63, 3.8) is 0 Å². The Kier molecular flexibility index (Phi) is 3.02. The van der Waals surface area contributed by atoms with Crippen molar-refractivity contribution in [2.75, 3.05) is 0 Å². The number of hydrogen-bond donors (Lipinski definition) is 0.